The average Bonchev–Trinajstić information content (AvgIpc) is 3.17. The molecular weight excluding hydrogens is 331 g/mol. The number of halogens is 1. The second-order valence-electron chi connectivity index (χ2n) is 5.67. The third-order valence-corrected chi connectivity index (χ3v) is 4.89. The van der Waals surface area contributed by atoms with Crippen LogP contribution in [0.15, 0.2) is 78.2 Å². The lowest BCUT2D eigenvalue weighted by Gasteiger charge is -2.13. The number of hydrogen-bond acceptors (Lipinski definition) is 3. The van der Waals surface area contributed by atoms with E-state index < -0.39 is 0 Å². The lowest BCUT2D eigenvalue weighted by Crippen LogP contribution is -1.98. The van der Waals surface area contributed by atoms with Gasteiger partial charge in [0.05, 0.1) is 16.3 Å². The van der Waals surface area contributed by atoms with Gasteiger partial charge in [-0.05, 0) is 35.2 Å². The zero-order chi connectivity index (χ0) is 17.2. The summed E-state index contributed by atoms with van der Waals surface area (Å²) in [6.45, 7) is 0. The van der Waals surface area contributed by atoms with Crippen LogP contribution in [0.4, 0.5) is 10.1 Å². The first kappa shape index (κ1) is 15.5. The summed E-state index contributed by atoms with van der Waals surface area (Å²) >= 11 is 1.58. The number of nitrogen functional groups attached to an aromatic ring is 1. The molecule has 25 heavy (non-hydrogen) atoms. The monoisotopic (exact) mass is 346 g/mol. The van der Waals surface area contributed by atoms with Crippen molar-refractivity contribution in [3.63, 3.8) is 0 Å². The first-order chi connectivity index (χ1) is 12.2. The SMILES string of the molecule is Nc1c(-c2cccc(F)c2)cc(-c2ccccc2)nc1-c1cccs1. The van der Waals surface area contributed by atoms with Crippen LogP contribution in [0.3, 0.4) is 0 Å². The zero-order valence-corrected chi connectivity index (χ0v) is 14.1. The highest BCUT2D eigenvalue weighted by Crippen LogP contribution is 2.38. The lowest BCUT2D eigenvalue weighted by molar-refractivity contribution is 0.628. The second-order valence-corrected chi connectivity index (χ2v) is 6.62. The number of thiophene rings is 1. The Balaban J connectivity index is 1.98. The van der Waals surface area contributed by atoms with Crippen molar-refractivity contribution in [3.8, 4) is 33.0 Å². The summed E-state index contributed by atoms with van der Waals surface area (Å²) in [5, 5.41) is 1.99. The molecule has 0 unspecified atom stereocenters. The van der Waals surface area contributed by atoms with E-state index in [1.54, 1.807) is 17.4 Å². The molecule has 2 N–H and O–H groups in total. The molecule has 2 heterocycles. The molecule has 0 radical (unpaired) electrons. The standard InChI is InChI=1S/C21H15FN2S/c22-16-9-4-8-15(12-16)17-13-18(14-6-2-1-3-7-14)24-21(20(17)23)19-10-5-11-25-19/h1-13H,23H2. The van der Waals surface area contributed by atoms with E-state index in [0.29, 0.717) is 5.69 Å². The van der Waals surface area contributed by atoms with E-state index in [-0.39, 0.29) is 5.82 Å². The van der Waals surface area contributed by atoms with Crippen molar-refractivity contribution in [2.75, 3.05) is 5.73 Å². The predicted octanol–water partition coefficient (Wildman–Crippen LogP) is 5.87. The van der Waals surface area contributed by atoms with Crippen molar-refractivity contribution in [2.24, 2.45) is 0 Å². The Bertz CT molecular complexity index is 1010. The molecule has 4 heteroatoms. The van der Waals surface area contributed by atoms with E-state index >= 15 is 0 Å². The fourth-order valence-corrected chi connectivity index (χ4v) is 3.54. The summed E-state index contributed by atoms with van der Waals surface area (Å²) < 4.78 is 13.7. The molecule has 0 aliphatic rings. The summed E-state index contributed by atoms with van der Waals surface area (Å²) in [6, 6.07) is 22.3. The quantitative estimate of drug-likeness (QED) is 0.504. The molecule has 122 valence electrons. The van der Waals surface area contributed by atoms with Crippen molar-refractivity contribution in [2.45, 2.75) is 0 Å². The molecule has 0 atom stereocenters. The minimum absolute atomic E-state index is 0.285. The molecule has 0 saturated heterocycles. The van der Waals surface area contributed by atoms with Crippen molar-refractivity contribution < 1.29 is 4.39 Å². The zero-order valence-electron chi connectivity index (χ0n) is 13.3. The van der Waals surface area contributed by atoms with Crippen LogP contribution < -0.4 is 5.73 Å². The largest absolute Gasteiger partial charge is 0.396 e. The highest BCUT2D eigenvalue weighted by Gasteiger charge is 2.15. The van der Waals surface area contributed by atoms with Gasteiger partial charge in [0.1, 0.15) is 11.5 Å². The van der Waals surface area contributed by atoms with Gasteiger partial charge in [-0.1, -0.05) is 48.5 Å². The summed E-state index contributed by atoms with van der Waals surface area (Å²) in [4.78, 5) is 5.78. The number of aromatic nitrogens is 1. The number of hydrogen-bond donors (Lipinski definition) is 1. The molecule has 0 bridgehead atoms. The molecule has 0 spiro atoms. The van der Waals surface area contributed by atoms with E-state index in [9.17, 15) is 4.39 Å². The van der Waals surface area contributed by atoms with Gasteiger partial charge in [-0.2, -0.15) is 0 Å². The van der Waals surface area contributed by atoms with Gasteiger partial charge >= 0.3 is 0 Å². The van der Waals surface area contributed by atoms with Gasteiger partial charge in [0, 0.05) is 11.1 Å². The van der Waals surface area contributed by atoms with Gasteiger partial charge < -0.3 is 5.73 Å². The highest BCUT2D eigenvalue weighted by molar-refractivity contribution is 7.13. The second kappa shape index (κ2) is 6.49. The minimum atomic E-state index is -0.285. The van der Waals surface area contributed by atoms with E-state index in [4.69, 9.17) is 10.7 Å². The number of benzene rings is 2. The Labute approximate surface area is 149 Å². The van der Waals surface area contributed by atoms with E-state index in [2.05, 4.69) is 0 Å². The maximum atomic E-state index is 13.7. The van der Waals surface area contributed by atoms with Crippen molar-refractivity contribution in [3.05, 3.63) is 84.0 Å². The summed E-state index contributed by atoms with van der Waals surface area (Å²) in [5.74, 6) is -0.285. The molecule has 0 amide bonds. The Morgan fingerprint density at radius 3 is 2.36 bits per heavy atom. The van der Waals surface area contributed by atoms with Gasteiger partial charge in [-0.15, -0.1) is 11.3 Å². The molecule has 4 rings (SSSR count). The van der Waals surface area contributed by atoms with Gasteiger partial charge in [-0.25, -0.2) is 9.37 Å². The normalized spacial score (nSPS) is 10.8. The van der Waals surface area contributed by atoms with Crippen LogP contribution in [0, 0.1) is 5.82 Å². The van der Waals surface area contributed by atoms with Gasteiger partial charge in [0.15, 0.2) is 0 Å². The van der Waals surface area contributed by atoms with Crippen molar-refractivity contribution in [1.29, 1.82) is 0 Å². The fourth-order valence-electron chi connectivity index (χ4n) is 2.81. The molecular formula is C21H15FN2S. The van der Waals surface area contributed by atoms with Crippen LogP contribution in [0.25, 0.3) is 33.0 Å². The Hall–Kier alpha value is -2.98. The topological polar surface area (TPSA) is 38.9 Å². The lowest BCUT2D eigenvalue weighted by atomic mass is 9.99. The predicted molar refractivity (Wildman–Crippen MR) is 103 cm³/mol. The van der Waals surface area contributed by atoms with Crippen LogP contribution in [-0.4, -0.2) is 4.98 Å². The fraction of sp³-hybridized carbons (Fsp3) is 0. The number of anilines is 1. The summed E-state index contributed by atoms with van der Waals surface area (Å²) in [5.41, 5.74) is 11.1. The van der Waals surface area contributed by atoms with Gasteiger partial charge in [-0.3, -0.25) is 0 Å². The Kier molecular flexibility index (Phi) is 4.04. The molecule has 0 saturated carbocycles. The highest BCUT2D eigenvalue weighted by atomic mass is 32.1. The molecule has 2 aromatic carbocycles. The van der Waals surface area contributed by atoms with E-state index in [1.807, 2.05) is 60.0 Å². The van der Waals surface area contributed by atoms with Gasteiger partial charge in [0.25, 0.3) is 0 Å². The molecule has 0 aliphatic heterocycles. The minimum Gasteiger partial charge on any atom is -0.396 e. The molecule has 4 aromatic rings. The third kappa shape index (κ3) is 3.04. The average molecular weight is 346 g/mol. The Morgan fingerprint density at radius 2 is 1.64 bits per heavy atom. The Morgan fingerprint density at radius 1 is 0.840 bits per heavy atom. The number of rotatable bonds is 3. The number of pyridine rings is 1. The van der Waals surface area contributed by atoms with Crippen LogP contribution in [0.5, 0.6) is 0 Å². The summed E-state index contributed by atoms with van der Waals surface area (Å²) in [7, 11) is 0. The third-order valence-electron chi connectivity index (χ3n) is 4.02. The maximum Gasteiger partial charge on any atom is 0.123 e. The molecule has 2 aromatic heterocycles. The first-order valence-corrected chi connectivity index (χ1v) is 8.76. The van der Waals surface area contributed by atoms with Crippen molar-refractivity contribution in [1.82, 2.24) is 4.98 Å². The van der Waals surface area contributed by atoms with E-state index in [0.717, 1.165) is 33.0 Å². The number of nitrogens with zero attached hydrogens (tertiary/aromatic N) is 1. The molecule has 2 nitrogen and oxygen atoms in total. The van der Waals surface area contributed by atoms with Crippen LogP contribution in [0.2, 0.25) is 0 Å². The van der Waals surface area contributed by atoms with Crippen LogP contribution >= 0.6 is 11.3 Å². The van der Waals surface area contributed by atoms with Crippen molar-refractivity contribution >= 4 is 17.0 Å². The number of nitrogens with two attached hydrogens (primary N) is 1. The van der Waals surface area contributed by atoms with E-state index in [1.165, 1.54) is 12.1 Å². The summed E-state index contributed by atoms with van der Waals surface area (Å²) in [6.07, 6.45) is 0. The van der Waals surface area contributed by atoms with Gasteiger partial charge in [0.2, 0.25) is 0 Å². The smallest absolute Gasteiger partial charge is 0.123 e. The van der Waals surface area contributed by atoms with Crippen LogP contribution in [-0.2, 0) is 0 Å². The maximum absolute atomic E-state index is 13.7. The molecule has 0 fully saturated rings. The van der Waals surface area contributed by atoms with Crippen LogP contribution in [0.1, 0.15) is 0 Å². The molecule has 0 aliphatic carbocycles. The first-order valence-electron chi connectivity index (χ1n) is 7.88.